The molecule has 0 fully saturated rings. The van der Waals surface area contributed by atoms with Crippen molar-refractivity contribution in [2.75, 3.05) is 0 Å². The molecule has 0 N–H and O–H groups in total. The molecule has 0 saturated heterocycles. The quantitative estimate of drug-likeness (QED) is 0.479. The number of alkyl halides is 3. The van der Waals surface area contributed by atoms with E-state index in [2.05, 4.69) is 4.98 Å². The van der Waals surface area contributed by atoms with Gasteiger partial charge in [-0.3, -0.25) is 9.78 Å². The number of benzene rings is 2. The van der Waals surface area contributed by atoms with Crippen molar-refractivity contribution in [2.45, 2.75) is 6.18 Å². The first-order valence-electron chi connectivity index (χ1n) is 6.61. The Kier molecular flexibility index (Phi) is 2.46. The van der Waals surface area contributed by atoms with E-state index in [1.807, 2.05) is 12.1 Å². The van der Waals surface area contributed by atoms with Crippen LogP contribution >= 0.6 is 0 Å². The zero-order valence-corrected chi connectivity index (χ0v) is 11.1. The number of ketones is 1. The summed E-state index contributed by atoms with van der Waals surface area (Å²) in [4.78, 5) is 16.6. The highest BCUT2D eigenvalue weighted by Gasteiger charge is 2.34. The minimum Gasteiger partial charge on any atom is -0.287 e. The Balaban J connectivity index is 2.09. The maximum absolute atomic E-state index is 12.9. The molecule has 1 aliphatic rings. The molecule has 1 aliphatic carbocycles. The number of hydrogen-bond donors (Lipinski definition) is 0. The fraction of sp³-hybridized carbons (Fsp3) is 0.0588. The molecule has 0 amide bonds. The van der Waals surface area contributed by atoms with Crippen LogP contribution in [-0.4, -0.2) is 10.8 Å². The number of aromatic nitrogens is 1. The molecule has 0 spiro atoms. The van der Waals surface area contributed by atoms with Crippen molar-refractivity contribution < 1.29 is 18.0 Å². The van der Waals surface area contributed by atoms with Crippen LogP contribution < -0.4 is 0 Å². The molecule has 0 aliphatic heterocycles. The molecule has 22 heavy (non-hydrogen) atoms. The monoisotopic (exact) mass is 299 g/mol. The number of carbonyl (C=O) groups excluding carboxylic acids is 1. The molecule has 1 aromatic heterocycles. The second-order valence-electron chi connectivity index (χ2n) is 5.15. The zero-order valence-electron chi connectivity index (χ0n) is 11.1. The first-order chi connectivity index (χ1) is 10.5. The summed E-state index contributed by atoms with van der Waals surface area (Å²) in [7, 11) is 0. The van der Waals surface area contributed by atoms with Gasteiger partial charge in [-0.2, -0.15) is 13.2 Å². The third kappa shape index (κ3) is 1.68. The van der Waals surface area contributed by atoms with Crippen molar-refractivity contribution in [2.24, 2.45) is 0 Å². The first-order valence-corrected chi connectivity index (χ1v) is 6.61. The maximum Gasteiger partial charge on any atom is 0.416 e. The van der Waals surface area contributed by atoms with Gasteiger partial charge in [0, 0.05) is 17.1 Å². The number of halogens is 3. The van der Waals surface area contributed by atoms with E-state index >= 15 is 0 Å². The molecule has 1 heterocycles. The van der Waals surface area contributed by atoms with Crippen LogP contribution in [0.1, 0.15) is 21.6 Å². The number of nitrogens with zero attached hydrogens (tertiary/aromatic N) is 1. The molecule has 0 radical (unpaired) electrons. The smallest absolute Gasteiger partial charge is 0.287 e. The molecular formula is C17H8F3NO. The minimum atomic E-state index is -4.48. The summed E-state index contributed by atoms with van der Waals surface area (Å²) in [6.07, 6.45) is -2.98. The van der Waals surface area contributed by atoms with Gasteiger partial charge in [0.15, 0.2) is 0 Å². The fourth-order valence-corrected chi connectivity index (χ4v) is 2.90. The van der Waals surface area contributed by atoms with Gasteiger partial charge in [-0.15, -0.1) is 0 Å². The van der Waals surface area contributed by atoms with Crippen LogP contribution in [0.5, 0.6) is 0 Å². The second-order valence-corrected chi connectivity index (χ2v) is 5.15. The lowest BCUT2D eigenvalue weighted by Crippen LogP contribution is -2.14. The highest BCUT2D eigenvalue weighted by Crippen LogP contribution is 2.40. The average molecular weight is 299 g/mol. The molecule has 4 rings (SSSR count). The number of hydrogen-bond acceptors (Lipinski definition) is 2. The van der Waals surface area contributed by atoms with E-state index in [9.17, 15) is 18.0 Å². The van der Waals surface area contributed by atoms with Crippen molar-refractivity contribution in [3.63, 3.8) is 0 Å². The van der Waals surface area contributed by atoms with Gasteiger partial charge in [0.25, 0.3) is 0 Å². The van der Waals surface area contributed by atoms with Crippen molar-refractivity contribution in [1.82, 2.24) is 4.98 Å². The molecule has 2 aromatic carbocycles. The van der Waals surface area contributed by atoms with Crippen molar-refractivity contribution in [3.05, 3.63) is 65.5 Å². The Morgan fingerprint density at radius 1 is 0.909 bits per heavy atom. The van der Waals surface area contributed by atoms with E-state index < -0.39 is 17.5 Å². The molecule has 0 atom stereocenters. The van der Waals surface area contributed by atoms with Gasteiger partial charge >= 0.3 is 6.18 Å². The van der Waals surface area contributed by atoms with Gasteiger partial charge in [-0.25, -0.2) is 0 Å². The lowest BCUT2D eigenvalue weighted by atomic mass is 9.84. The predicted octanol–water partition coefficient (Wildman–Crippen LogP) is 4.47. The fourth-order valence-electron chi connectivity index (χ4n) is 2.90. The van der Waals surface area contributed by atoms with Crippen molar-refractivity contribution in [3.8, 4) is 11.1 Å². The lowest BCUT2D eigenvalue weighted by Gasteiger charge is -2.20. The summed E-state index contributed by atoms with van der Waals surface area (Å²) >= 11 is 0. The summed E-state index contributed by atoms with van der Waals surface area (Å²) in [6.45, 7) is 0. The lowest BCUT2D eigenvalue weighted by molar-refractivity contribution is -0.137. The summed E-state index contributed by atoms with van der Waals surface area (Å²) in [5.41, 5.74) is 0.688. The van der Waals surface area contributed by atoms with Crippen molar-refractivity contribution >= 4 is 16.6 Å². The number of fused-ring (bicyclic) bond motifs is 2. The van der Waals surface area contributed by atoms with Crippen LogP contribution in [0.2, 0.25) is 0 Å². The highest BCUT2D eigenvalue weighted by molar-refractivity contribution is 6.24. The number of pyridine rings is 1. The third-order valence-electron chi connectivity index (χ3n) is 3.89. The van der Waals surface area contributed by atoms with E-state index in [0.717, 1.165) is 23.1 Å². The van der Waals surface area contributed by atoms with Gasteiger partial charge in [0.1, 0.15) is 5.69 Å². The number of rotatable bonds is 0. The van der Waals surface area contributed by atoms with Crippen LogP contribution in [0, 0.1) is 0 Å². The van der Waals surface area contributed by atoms with E-state index in [0.29, 0.717) is 10.9 Å². The summed E-state index contributed by atoms with van der Waals surface area (Å²) in [5, 5.41) is 1.55. The summed E-state index contributed by atoms with van der Waals surface area (Å²) in [5.74, 6) is -0.467. The predicted molar refractivity (Wildman–Crippen MR) is 75.6 cm³/mol. The summed E-state index contributed by atoms with van der Waals surface area (Å²) in [6, 6.07) is 10.5. The molecule has 5 heteroatoms. The van der Waals surface area contributed by atoms with E-state index in [1.54, 1.807) is 12.1 Å². The van der Waals surface area contributed by atoms with Gasteiger partial charge in [0.05, 0.1) is 5.56 Å². The van der Waals surface area contributed by atoms with Gasteiger partial charge in [-0.1, -0.05) is 24.3 Å². The Hall–Kier alpha value is -2.69. The molecule has 0 bridgehead atoms. The minimum absolute atomic E-state index is 0.0496. The molecular weight excluding hydrogens is 291 g/mol. The average Bonchev–Trinajstić information content (AvgIpc) is 2.51. The Bertz CT molecular complexity index is 939. The Labute approximate surface area is 123 Å². The third-order valence-corrected chi connectivity index (χ3v) is 3.89. The van der Waals surface area contributed by atoms with E-state index in [4.69, 9.17) is 0 Å². The number of carbonyl (C=O) groups is 1. The molecule has 2 nitrogen and oxygen atoms in total. The standard InChI is InChI=1S/C17H8F3NO/c18-17(19,20)10-4-5-11-12-3-1-2-9-6-7-21-15(14(9)12)16(22)13(11)8-10/h1-8H. The van der Waals surface area contributed by atoms with Crippen LogP contribution in [0.3, 0.4) is 0 Å². The van der Waals surface area contributed by atoms with Gasteiger partial charge < -0.3 is 0 Å². The van der Waals surface area contributed by atoms with Crippen LogP contribution in [0.4, 0.5) is 13.2 Å². The summed E-state index contributed by atoms with van der Waals surface area (Å²) < 4.78 is 38.6. The van der Waals surface area contributed by atoms with E-state index in [-0.39, 0.29) is 11.3 Å². The van der Waals surface area contributed by atoms with E-state index in [1.165, 1.54) is 12.3 Å². The zero-order chi connectivity index (χ0) is 15.5. The molecule has 108 valence electrons. The van der Waals surface area contributed by atoms with Gasteiger partial charge in [0.2, 0.25) is 5.78 Å². The SMILES string of the molecule is O=C1c2cc(C(F)(F)F)ccc2-c2cccc3ccnc1c23. The topological polar surface area (TPSA) is 30.0 Å². The highest BCUT2D eigenvalue weighted by atomic mass is 19.4. The first kappa shape index (κ1) is 13.0. The van der Waals surface area contributed by atoms with Crippen molar-refractivity contribution in [1.29, 1.82) is 0 Å². The van der Waals surface area contributed by atoms with Crippen LogP contribution in [0.25, 0.3) is 21.9 Å². The normalized spacial score (nSPS) is 13.3. The van der Waals surface area contributed by atoms with Crippen LogP contribution in [0.15, 0.2) is 48.7 Å². The maximum atomic E-state index is 12.9. The largest absolute Gasteiger partial charge is 0.416 e. The molecule has 0 saturated carbocycles. The Morgan fingerprint density at radius 2 is 1.73 bits per heavy atom. The Morgan fingerprint density at radius 3 is 2.50 bits per heavy atom. The molecule has 0 unspecified atom stereocenters. The van der Waals surface area contributed by atoms with Crippen LogP contribution in [-0.2, 0) is 6.18 Å². The second kappa shape index (κ2) is 4.16. The van der Waals surface area contributed by atoms with Gasteiger partial charge in [-0.05, 0) is 34.7 Å². The molecule has 3 aromatic rings.